The minimum Gasteiger partial charge on any atom is -0.478 e. The Kier molecular flexibility index (Phi) is 5.50. The Bertz CT molecular complexity index is 1180. The molecule has 9 heteroatoms. The van der Waals surface area contributed by atoms with E-state index in [-0.39, 0.29) is 18.1 Å². The Morgan fingerprint density at radius 2 is 1.91 bits per heavy atom. The van der Waals surface area contributed by atoms with Gasteiger partial charge in [0.1, 0.15) is 17.2 Å². The first kappa shape index (κ1) is 21.3. The molecule has 9 nitrogen and oxygen atoms in total. The van der Waals surface area contributed by atoms with Crippen molar-refractivity contribution < 1.29 is 19.8 Å². The number of amides is 1. The number of carbonyl (C=O) groups is 2. The maximum atomic E-state index is 12.1. The number of aliphatic hydroxyl groups excluding tert-OH is 1. The number of carboxylic acid groups (broad SMARTS) is 1. The van der Waals surface area contributed by atoms with Gasteiger partial charge in [0.25, 0.3) is 5.91 Å². The molecule has 0 unspecified atom stereocenters. The number of rotatable bonds is 7. The largest absolute Gasteiger partial charge is 0.478 e. The molecule has 1 aliphatic heterocycles. The molecule has 3 aromatic rings. The molecule has 164 valence electrons. The molecule has 5 N–H and O–H groups in total. The van der Waals surface area contributed by atoms with Crippen LogP contribution in [0.25, 0.3) is 0 Å². The zero-order valence-electron chi connectivity index (χ0n) is 17.6. The molecule has 1 atom stereocenters. The minimum absolute atomic E-state index is 0.0252. The van der Waals surface area contributed by atoms with Crippen molar-refractivity contribution in [2.75, 3.05) is 17.2 Å². The second kappa shape index (κ2) is 8.27. The summed E-state index contributed by atoms with van der Waals surface area (Å²) in [4.78, 5) is 32.5. The highest BCUT2D eigenvalue weighted by molar-refractivity contribution is 5.99. The van der Waals surface area contributed by atoms with Gasteiger partial charge in [-0.1, -0.05) is 30.3 Å². The number of carboxylic acids is 1. The van der Waals surface area contributed by atoms with E-state index in [4.69, 9.17) is 0 Å². The molecule has 0 aliphatic carbocycles. The highest BCUT2D eigenvalue weighted by Crippen LogP contribution is 2.31. The van der Waals surface area contributed by atoms with Crippen LogP contribution in [0.4, 0.5) is 17.3 Å². The van der Waals surface area contributed by atoms with Crippen molar-refractivity contribution >= 4 is 29.2 Å². The van der Waals surface area contributed by atoms with Crippen molar-refractivity contribution in [3.63, 3.8) is 0 Å². The van der Waals surface area contributed by atoms with Gasteiger partial charge in [-0.2, -0.15) is 0 Å². The second-order valence-electron chi connectivity index (χ2n) is 8.01. The lowest BCUT2D eigenvalue weighted by atomic mass is 10.0. The van der Waals surface area contributed by atoms with E-state index >= 15 is 0 Å². The maximum Gasteiger partial charge on any atom is 0.339 e. The third-order valence-electron chi connectivity index (χ3n) is 5.26. The molecule has 0 radical (unpaired) electrons. The number of nitrogens with one attached hydrogen (secondary N) is 3. The standard InChI is InChI=1S/C23H23N5O4/c1-23(2)20-14(21(30)28-23)8-9-18(27-20)26-19-10-16(15(11-24-19)22(31)32)25-17(12-29)13-6-4-3-5-7-13/h3-11,17,29H,12H2,1-2H3,(H,28,30)(H,31,32)(H2,24,25,26,27)/t17-/m1/s1. The molecule has 3 heterocycles. The lowest BCUT2D eigenvalue weighted by molar-refractivity contribution is 0.0697. The third kappa shape index (κ3) is 4.10. The Morgan fingerprint density at radius 1 is 1.16 bits per heavy atom. The Morgan fingerprint density at radius 3 is 2.59 bits per heavy atom. The number of hydrogen-bond acceptors (Lipinski definition) is 7. The number of aromatic carboxylic acids is 1. The normalized spacial score (nSPS) is 14.9. The predicted molar refractivity (Wildman–Crippen MR) is 119 cm³/mol. The molecule has 1 aliphatic rings. The van der Waals surface area contributed by atoms with Gasteiger partial charge < -0.3 is 26.2 Å². The molecule has 0 fully saturated rings. The number of anilines is 3. The van der Waals surface area contributed by atoms with Crippen molar-refractivity contribution in [3.05, 3.63) is 77.1 Å². The zero-order chi connectivity index (χ0) is 22.9. The number of aromatic nitrogens is 2. The highest BCUT2D eigenvalue weighted by atomic mass is 16.4. The van der Waals surface area contributed by atoms with Gasteiger partial charge in [-0.25, -0.2) is 14.8 Å². The summed E-state index contributed by atoms with van der Waals surface area (Å²) >= 11 is 0. The fourth-order valence-electron chi connectivity index (χ4n) is 3.65. The topological polar surface area (TPSA) is 136 Å². The van der Waals surface area contributed by atoms with E-state index in [1.54, 1.807) is 18.2 Å². The number of nitrogens with zero attached hydrogens (tertiary/aromatic N) is 2. The third-order valence-corrected chi connectivity index (χ3v) is 5.26. The summed E-state index contributed by atoms with van der Waals surface area (Å²) in [5, 5.41) is 28.5. The summed E-state index contributed by atoms with van der Waals surface area (Å²) < 4.78 is 0. The first-order valence-electron chi connectivity index (χ1n) is 10.1. The van der Waals surface area contributed by atoms with Gasteiger partial charge in [-0.05, 0) is 31.5 Å². The van der Waals surface area contributed by atoms with Crippen LogP contribution in [-0.4, -0.2) is 38.7 Å². The summed E-state index contributed by atoms with van der Waals surface area (Å²) in [6, 6.07) is 13.7. The van der Waals surface area contributed by atoms with Crippen LogP contribution in [0.1, 0.15) is 51.9 Å². The molecule has 0 saturated carbocycles. The first-order valence-corrected chi connectivity index (χ1v) is 10.1. The van der Waals surface area contributed by atoms with Crippen molar-refractivity contribution in [1.82, 2.24) is 15.3 Å². The quantitative estimate of drug-likeness (QED) is 0.384. The van der Waals surface area contributed by atoms with Crippen LogP contribution < -0.4 is 16.0 Å². The zero-order valence-corrected chi connectivity index (χ0v) is 17.6. The van der Waals surface area contributed by atoms with Crippen LogP contribution in [-0.2, 0) is 5.54 Å². The SMILES string of the molecule is CC1(C)NC(=O)c2ccc(Nc3cc(N[C@H](CO)c4ccccc4)c(C(=O)O)cn3)nc21. The van der Waals surface area contributed by atoms with E-state index in [9.17, 15) is 19.8 Å². The van der Waals surface area contributed by atoms with E-state index in [0.29, 0.717) is 28.6 Å². The summed E-state index contributed by atoms with van der Waals surface area (Å²) in [6.45, 7) is 3.51. The molecular weight excluding hydrogens is 410 g/mol. The number of aliphatic hydroxyl groups is 1. The summed E-state index contributed by atoms with van der Waals surface area (Å²) in [7, 11) is 0. The van der Waals surface area contributed by atoms with Gasteiger partial charge in [0.05, 0.1) is 35.1 Å². The van der Waals surface area contributed by atoms with Crippen LogP contribution in [0.2, 0.25) is 0 Å². The molecular formula is C23H23N5O4. The molecule has 1 amide bonds. The van der Waals surface area contributed by atoms with Gasteiger partial charge in [-0.3, -0.25) is 4.79 Å². The predicted octanol–water partition coefficient (Wildman–Crippen LogP) is 3.04. The van der Waals surface area contributed by atoms with Crippen molar-refractivity contribution in [3.8, 4) is 0 Å². The Labute approximate surface area is 184 Å². The van der Waals surface area contributed by atoms with Crippen molar-refractivity contribution in [2.24, 2.45) is 0 Å². The van der Waals surface area contributed by atoms with Crippen LogP contribution in [0.15, 0.2) is 54.7 Å². The van der Waals surface area contributed by atoms with Gasteiger partial charge in [-0.15, -0.1) is 0 Å². The number of hydrogen-bond donors (Lipinski definition) is 5. The molecule has 0 bridgehead atoms. The van der Waals surface area contributed by atoms with Gasteiger partial charge in [0.2, 0.25) is 0 Å². The fourth-order valence-corrected chi connectivity index (χ4v) is 3.65. The Balaban J connectivity index is 1.64. The number of pyridine rings is 2. The Hall–Kier alpha value is -3.98. The van der Waals surface area contributed by atoms with Crippen molar-refractivity contribution in [1.29, 1.82) is 0 Å². The van der Waals surface area contributed by atoms with E-state index in [2.05, 4.69) is 25.9 Å². The molecule has 0 spiro atoms. The van der Waals surface area contributed by atoms with E-state index in [0.717, 1.165) is 5.56 Å². The lowest BCUT2D eigenvalue weighted by Gasteiger charge is -2.20. The smallest absolute Gasteiger partial charge is 0.339 e. The van der Waals surface area contributed by atoms with Gasteiger partial charge in [0.15, 0.2) is 0 Å². The van der Waals surface area contributed by atoms with Crippen LogP contribution in [0.3, 0.4) is 0 Å². The number of fused-ring (bicyclic) bond motifs is 1. The minimum atomic E-state index is -1.14. The molecule has 0 saturated heterocycles. The second-order valence-corrected chi connectivity index (χ2v) is 8.01. The van der Waals surface area contributed by atoms with Crippen LogP contribution >= 0.6 is 0 Å². The maximum absolute atomic E-state index is 12.1. The van der Waals surface area contributed by atoms with Gasteiger partial charge >= 0.3 is 5.97 Å². The number of carbonyl (C=O) groups excluding carboxylic acids is 1. The van der Waals surface area contributed by atoms with E-state index in [1.807, 2.05) is 44.2 Å². The average molecular weight is 433 g/mol. The van der Waals surface area contributed by atoms with E-state index in [1.165, 1.54) is 6.20 Å². The van der Waals surface area contributed by atoms with Crippen LogP contribution in [0, 0.1) is 0 Å². The summed E-state index contributed by atoms with van der Waals surface area (Å²) in [5.41, 5.74) is 1.64. The van der Waals surface area contributed by atoms with Crippen molar-refractivity contribution in [2.45, 2.75) is 25.4 Å². The first-order chi connectivity index (χ1) is 15.3. The summed E-state index contributed by atoms with van der Waals surface area (Å²) in [6.07, 6.45) is 1.24. The highest BCUT2D eigenvalue weighted by Gasteiger charge is 2.36. The summed E-state index contributed by atoms with van der Waals surface area (Å²) in [5.74, 6) is -0.477. The van der Waals surface area contributed by atoms with Crippen LogP contribution in [0.5, 0.6) is 0 Å². The fraction of sp³-hybridized carbons (Fsp3) is 0.217. The molecule has 4 rings (SSSR count). The van der Waals surface area contributed by atoms with E-state index < -0.39 is 17.6 Å². The van der Waals surface area contributed by atoms with Gasteiger partial charge in [0, 0.05) is 12.3 Å². The lowest BCUT2D eigenvalue weighted by Crippen LogP contribution is -2.33. The number of benzene rings is 1. The molecule has 32 heavy (non-hydrogen) atoms. The monoisotopic (exact) mass is 433 g/mol. The molecule has 1 aromatic carbocycles. The average Bonchev–Trinajstić information content (AvgIpc) is 3.00. The molecule has 2 aromatic heterocycles.